The number of fused-ring (bicyclic) bond motifs is 1. The van der Waals surface area contributed by atoms with Gasteiger partial charge >= 0.3 is 0 Å². The number of nitrogens with zero attached hydrogens (tertiary/aromatic N) is 1. The van der Waals surface area contributed by atoms with Crippen LogP contribution in [-0.4, -0.2) is 4.57 Å². The van der Waals surface area contributed by atoms with Gasteiger partial charge in [-0.05, 0) is 31.5 Å². The lowest BCUT2D eigenvalue weighted by Gasteiger charge is -2.10. The molecule has 2 rings (SSSR count). The smallest absolute Gasteiger partial charge is 0.255 e. The molecule has 1 heterocycles. The van der Waals surface area contributed by atoms with Crippen LogP contribution in [0.25, 0.3) is 10.9 Å². The molecule has 0 bridgehead atoms. The maximum absolute atomic E-state index is 13.8. The molecular formula is C12H11ClFNO. The Bertz CT molecular complexity index is 646. The van der Waals surface area contributed by atoms with E-state index < -0.39 is 5.82 Å². The molecule has 0 N–H and O–H groups in total. The van der Waals surface area contributed by atoms with Crippen LogP contribution in [0, 0.1) is 19.7 Å². The average Bonchev–Trinajstić information content (AvgIpc) is 2.22. The molecule has 2 nitrogen and oxygen atoms in total. The van der Waals surface area contributed by atoms with Crippen molar-refractivity contribution >= 4 is 22.5 Å². The molecule has 0 aliphatic rings. The van der Waals surface area contributed by atoms with Crippen molar-refractivity contribution in [2.75, 3.05) is 0 Å². The first-order valence-electron chi connectivity index (χ1n) is 4.88. The molecule has 1 aromatic heterocycles. The zero-order chi connectivity index (χ0) is 12.0. The Labute approximate surface area is 97.3 Å². The molecule has 16 heavy (non-hydrogen) atoms. The lowest BCUT2D eigenvalue weighted by Crippen LogP contribution is -2.20. The minimum absolute atomic E-state index is 0.256. The van der Waals surface area contributed by atoms with Crippen LogP contribution >= 0.6 is 11.6 Å². The molecule has 4 heteroatoms. The first-order valence-corrected chi connectivity index (χ1v) is 5.26. The molecule has 0 atom stereocenters. The standard InChI is InChI=1S/C12H11ClFNO/c1-6-4-8-10(13)7(2)12(16)15(3)11(8)9(14)5-6/h4-5H,1-3H3. The Morgan fingerprint density at radius 1 is 1.31 bits per heavy atom. The second-order valence-corrected chi connectivity index (χ2v) is 4.32. The predicted octanol–water partition coefficient (Wildman–Crippen LogP) is 2.95. The van der Waals surface area contributed by atoms with E-state index >= 15 is 0 Å². The van der Waals surface area contributed by atoms with E-state index in [1.165, 1.54) is 10.6 Å². The molecule has 0 amide bonds. The summed E-state index contributed by atoms with van der Waals surface area (Å²) in [6.45, 7) is 3.43. The van der Waals surface area contributed by atoms with Crippen molar-refractivity contribution in [2.45, 2.75) is 13.8 Å². The number of pyridine rings is 1. The molecule has 2 aromatic rings. The Morgan fingerprint density at radius 2 is 1.94 bits per heavy atom. The fraction of sp³-hybridized carbons (Fsp3) is 0.250. The number of rotatable bonds is 0. The molecule has 84 valence electrons. The maximum Gasteiger partial charge on any atom is 0.255 e. The fourth-order valence-electron chi connectivity index (χ4n) is 1.89. The van der Waals surface area contributed by atoms with Gasteiger partial charge in [0.25, 0.3) is 5.56 Å². The lowest BCUT2D eigenvalue weighted by molar-refractivity contribution is 0.628. The van der Waals surface area contributed by atoms with Crippen molar-refractivity contribution in [3.8, 4) is 0 Å². The van der Waals surface area contributed by atoms with Gasteiger partial charge in [-0.25, -0.2) is 4.39 Å². The Kier molecular flexibility index (Phi) is 2.50. The number of halogens is 2. The maximum atomic E-state index is 13.8. The highest BCUT2D eigenvalue weighted by atomic mass is 35.5. The second kappa shape index (κ2) is 3.59. The number of benzene rings is 1. The number of hydrogen-bond donors (Lipinski definition) is 0. The first-order chi connectivity index (χ1) is 7.43. The van der Waals surface area contributed by atoms with Gasteiger partial charge in [0, 0.05) is 18.0 Å². The van der Waals surface area contributed by atoms with E-state index in [4.69, 9.17) is 11.6 Å². The quantitative estimate of drug-likeness (QED) is 0.693. The topological polar surface area (TPSA) is 22.0 Å². The third-order valence-corrected chi connectivity index (χ3v) is 3.22. The summed E-state index contributed by atoms with van der Waals surface area (Å²) in [7, 11) is 1.55. The normalized spacial score (nSPS) is 11.1. The number of aromatic nitrogens is 1. The molecule has 1 aromatic carbocycles. The summed E-state index contributed by atoms with van der Waals surface area (Å²) in [5.41, 5.74) is 1.22. The molecule has 0 spiro atoms. The van der Waals surface area contributed by atoms with Crippen molar-refractivity contribution in [2.24, 2.45) is 7.05 Å². The van der Waals surface area contributed by atoms with E-state index in [1.54, 1.807) is 27.0 Å². The van der Waals surface area contributed by atoms with Gasteiger partial charge in [0.05, 0.1) is 10.5 Å². The van der Waals surface area contributed by atoms with Crippen molar-refractivity contribution in [3.63, 3.8) is 0 Å². The molecule has 0 saturated carbocycles. The van der Waals surface area contributed by atoms with E-state index in [0.29, 0.717) is 16.0 Å². The Balaban J connectivity index is 3.15. The molecule has 0 aliphatic carbocycles. The zero-order valence-corrected chi connectivity index (χ0v) is 10.0. The highest BCUT2D eigenvalue weighted by Gasteiger charge is 2.13. The van der Waals surface area contributed by atoms with E-state index in [0.717, 1.165) is 5.56 Å². The molecule has 0 radical (unpaired) electrons. The van der Waals surface area contributed by atoms with Crippen molar-refractivity contribution in [1.82, 2.24) is 4.57 Å². The molecule has 0 unspecified atom stereocenters. The summed E-state index contributed by atoms with van der Waals surface area (Å²) in [4.78, 5) is 11.8. The van der Waals surface area contributed by atoms with Crippen LogP contribution in [0.2, 0.25) is 5.02 Å². The highest BCUT2D eigenvalue weighted by Crippen LogP contribution is 2.27. The van der Waals surface area contributed by atoms with Crippen molar-refractivity contribution < 1.29 is 4.39 Å². The van der Waals surface area contributed by atoms with Crippen LogP contribution in [0.15, 0.2) is 16.9 Å². The molecule has 0 fully saturated rings. The monoisotopic (exact) mass is 239 g/mol. The number of aryl methyl sites for hydroxylation is 2. The van der Waals surface area contributed by atoms with Gasteiger partial charge in [-0.15, -0.1) is 0 Å². The first kappa shape index (κ1) is 11.1. The summed E-state index contributed by atoms with van der Waals surface area (Å²) in [5.74, 6) is -0.420. The highest BCUT2D eigenvalue weighted by molar-refractivity contribution is 6.36. The van der Waals surface area contributed by atoms with Crippen molar-refractivity contribution in [3.05, 3.63) is 44.5 Å². The van der Waals surface area contributed by atoms with E-state index in [-0.39, 0.29) is 11.1 Å². The largest absolute Gasteiger partial charge is 0.308 e. The summed E-state index contributed by atoms with van der Waals surface area (Å²) < 4.78 is 15.1. The van der Waals surface area contributed by atoms with Gasteiger partial charge in [-0.2, -0.15) is 0 Å². The van der Waals surface area contributed by atoms with Gasteiger partial charge in [0.2, 0.25) is 0 Å². The van der Waals surface area contributed by atoms with E-state index in [1.807, 2.05) is 0 Å². The molecule has 0 aliphatic heterocycles. The van der Waals surface area contributed by atoms with Crippen LogP contribution in [-0.2, 0) is 7.05 Å². The van der Waals surface area contributed by atoms with Gasteiger partial charge < -0.3 is 4.57 Å². The third-order valence-electron chi connectivity index (χ3n) is 2.73. The summed E-state index contributed by atoms with van der Waals surface area (Å²) in [5, 5.41) is 0.916. The van der Waals surface area contributed by atoms with Crippen LogP contribution in [0.1, 0.15) is 11.1 Å². The van der Waals surface area contributed by atoms with Gasteiger partial charge in [0.1, 0.15) is 5.82 Å². The van der Waals surface area contributed by atoms with Gasteiger partial charge in [-0.1, -0.05) is 11.6 Å². The van der Waals surface area contributed by atoms with Crippen molar-refractivity contribution in [1.29, 1.82) is 0 Å². The van der Waals surface area contributed by atoms with Gasteiger partial charge in [-0.3, -0.25) is 4.79 Å². The van der Waals surface area contributed by atoms with Crippen LogP contribution in [0.5, 0.6) is 0 Å². The van der Waals surface area contributed by atoms with Crippen LogP contribution in [0.3, 0.4) is 0 Å². The summed E-state index contributed by atoms with van der Waals surface area (Å²) in [6.07, 6.45) is 0. The fourth-order valence-corrected chi connectivity index (χ4v) is 2.12. The van der Waals surface area contributed by atoms with E-state index in [2.05, 4.69) is 0 Å². The second-order valence-electron chi connectivity index (χ2n) is 3.95. The Hall–Kier alpha value is -1.35. The molecule has 0 saturated heterocycles. The average molecular weight is 240 g/mol. The SMILES string of the molecule is Cc1cc(F)c2c(c1)c(Cl)c(C)c(=O)n2C. The van der Waals surface area contributed by atoms with Gasteiger partial charge in [0.15, 0.2) is 0 Å². The predicted molar refractivity (Wildman–Crippen MR) is 63.6 cm³/mol. The van der Waals surface area contributed by atoms with E-state index in [9.17, 15) is 9.18 Å². The number of hydrogen-bond acceptors (Lipinski definition) is 1. The molecular weight excluding hydrogens is 229 g/mol. The summed E-state index contributed by atoms with van der Waals surface area (Å²) >= 11 is 6.07. The van der Waals surface area contributed by atoms with Crippen LogP contribution in [0.4, 0.5) is 4.39 Å². The minimum atomic E-state index is -0.420. The minimum Gasteiger partial charge on any atom is -0.308 e. The lowest BCUT2D eigenvalue weighted by atomic mass is 10.1. The zero-order valence-electron chi connectivity index (χ0n) is 9.27. The third kappa shape index (κ3) is 1.43. The Morgan fingerprint density at radius 3 is 2.56 bits per heavy atom. The summed E-state index contributed by atoms with van der Waals surface area (Å²) in [6, 6.07) is 3.18. The van der Waals surface area contributed by atoms with Crippen LogP contribution < -0.4 is 5.56 Å².